The number of aliphatic hydroxyl groups is 1. The van der Waals surface area contributed by atoms with Crippen LogP contribution in [0.2, 0.25) is 16.6 Å². The van der Waals surface area contributed by atoms with Crippen molar-refractivity contribution in [2.45, 2.75) is 103 Å². The predicted octanol–water partition coefficient (Wildman–Crippen LogP) is 7.42. The van der Waals surface area contributed by atoms with E-state index in [1.54, 1.807) is 7.11 Å². The molecule has 0 radical (unpaired) electrons. The van der Waals surface area contributed by atoms with E-state index in [1.165, 1.54) is 4.90 Å². The number of benzene rings is 2. The highest BCUT2D eigenvalue weighted by atomic mass is 28.4. The van der Waals surface area contributed by atoms with Crippen LogP contribution in [0, 0.1) is 5.92 Å². The fourth-order valence-electron chi connectivity index (χ4n) is 7.94. The van der Waals surface area contributed by atoms with Crippen molar-refractivity contribution in [1.29, 1.82) is 0 Å². The molecule has 2 heterocycles. The molecule has 10 nitrogen and oxygen atoms in total. The monoisotopic (exact) mass is 714 g/mol. The van der Waals surface area contributed by atoms with Gasteiger partial charge in [-0.3, -0.25) is 0 Å². The maximum atomic E-state index is 12.1. The molecule has 2 aromatic rings. The molecule has 4 rings (SSSR count). The summed E-state index contributed by atoms with van der Waals surface area (Å²) in [6, 6.07) is 13.8. The lowest BCUT2D eigenvalue weighted by atomic mass is 9.81. The molecule has 3 atom stereocenters. The smallest absolute Gasteiger partial charge is 0.407 e. The number of carboxylic acid groups (broad SMARTS) is 1. The first-order valence-corrected chi connectivity index (χ1v) is 20.6. The lowest BCUT2D eigenvalue weighted by molar-refractivity contribution is -0.152. The van der Waals surface area contributed by atoms with Crippen molar-refractivity contribution in [3.05, 3.63) is 59.2 Å². The Labute approximate surface area is 301 Å². The van der Waals surface area contributed by atoms with Crippen molar-refractivity contribution in [2.75, 3.05) is 64.6 Å². The number of rotatable bonds is 18. The summed E-state index contributed by atoms with van der Waals surface area (Å²) in [6.45, 7) is 21.3. The van der Waals surface area contributed by atoms with Crippen LogP contribution in [0.3, 0.4) is 0 Å². The summed E-state index contributed by atoms with van der Waals surface area (Å²) in [4.78, 5) is 15.6. The van der Waals surface area contributed by atoms with Crippen molar-refractivity contribution in [3.63, 3.8) is 0 Å². The molecule has 2 aromatic carbocycles. The van der Waals surface area contributed by atoms with Crippen molar-refractivity contribution < 1.29 is 38.4 Å². The molecule has 11 heteroatoms. The Balaban J connectivity index is 1.38. The quantitative estimate of drug-likeness (QED) is 0.120. The second-order valence-corrected chi connectivity index (χ2v) is 20.6. The van der Waals surface area contributed by atoms with Crippen LogP contribution in [0.25, 0.3) is 0 Å². The third-order valence-corrected chi connectivity index (χ3v) is 16.7. The Bertz CT molecular complexity index is 1330. The van der Waals surface area contributed by atoms with E-state index in [1.807, 2.05) is 36.4 Å². The molecular formula is C39H62N2O8Si. The maximum absolute atomic E-state index is 12.1. The van der Waals surface area contributed by atoms with Gasteiger partial charge in [-0.1, -0.05) is 78.8 Å². The van der Waals surface area contributed by atoms with Gasteiger partial charge in [-0.2, -0.15) is 0 Å². The zero-order chi connectivity index (χ0) is 36.5. The van der Waals surface area contributed by atoms with E-state index in [4.69, 9.17) is 23.4 Å². The lowest BCUT2D eigenvalue weighted by Gasteiger charge is -2.43. The second kappa shape index (κ2) is 18.2. The van der Waals surface area contributed by atoms with Crippen molar-refractivity contribution in [1.82, 2.24) is 4.90 Å². The Kier molecular flexibility index (Phi) is 14.6. The van der Waals surface area contributed by atoms with Crippen LogP contribution >= 0.6 is 0 Å². The fourth-order valence-corrected chi connectivity index (χ4v) is 13.5. The van der Waals surface area contributed by atoms with Gasteiger partial charge in [-0.05, 0) is 51.9 Å². The molecule has 2 aliphatic heterocycles. The molecule has 2 N–H and O–H groups in total. The van der Waals surface area contributed by atoms with Crippen molar-refractivity contribution in [3.8, 4) is 5.75 Å². The number of hydrogen-bond donors (Lipinski definition) is 2. The topological polar surface area (TPSA) is 110 Å². The molecule has 0 unspecified atom stereocenters. The average Bonchev–Trinajstić information content (AvgIpc) is 3.08. The van der Waals surface area contributed by atoms with E-state index >= 15 is 0 Å². The minimum Gasteiger partial charge on any atom is -0.490 e. The van der Waals surface area contributed by atoms with Gasteiger partial charge in [-0.25, -0.2) is 4.79 Å². The summed E-state index contributed by atoms with van der Waals surface area (Å²) in [6.07, 6.45) is -0.626. The number of anilines is 1. The molecule has 50 heavy (non-hydrogen) atoms. The Morgan fingerprint density at radius 3 is 2.28 bits per heavy atom. The highest BCUT2D eigenvalue weighted by molar-refractivity contribution is 6.77. The molecule has 1 amide bonds. The van der Waals surface area contributed by atoms with Crippen molar-refractivity contribution >= 4 is 20.1 Å². The number of ether oxygens (including phenoxy) is 4. The van der Waals surface area contributed by atoms with Gasteiger partial charge in [0.05, 0.1) is 38.6 Å². The van der Waals surface area contributed by atoms with Gasteiger partial charge >= 0.3 is 6.09 Å². The predicted molar refractivity (Wildman–Crippen MR) is 200 cm³/mol. The van der Waals surface area contributed by atoms with Crippen LogP contribution in [0.1, 0.15) is 78.0 Å². The van der Waals surface area contributed by atoms with Crippen LogP contribution in [-0.4, -0.2) is 95.3 Å². The first kappa shape index (κ1) is 40.1. The van der Waals surface area contributed by atoms with Crippen LogP contribution in [0.4, 0.5) is 10.5 Å². The van der Waals surface area contributed by atoms with Gasteiger partial charge in [0.25, 0.3) is 0 Å². The Morgan fingerprint density at radius 2 is 1.64 bits per heavy atom. The first-order valence-electron chi connectivity index (χ1n) is 18.4. The maximum Gasteiger partial charge on any atom is 0.407 e. The van der Waals surface area contributed by atoms with Gasteiger partial charge in [0.1, 0.15) is 24.1 Å². The third-order valence-electron chi connectivity index (χ3n) is 10.6. The average molecular weight is 715 g/mol. The van der Waals surface area contributed by atoms with E-state index in [9.17, 15) is 15.0 Å². The normalized spacial score (nSPS) is 20.4. The molecule has 2 aliphatic rings. The number of nitrogens with zero attached hydrogens (tertiary/aromatic N) is 2. The summed E-state index contributed by atoms with van der Waals surface area (Å²) in [5, 5.41) is 21.9. The number of likely N-dealkylation sites (tertiary alicyclic amines) is 1. The first-order chi connectivity index (χ1) is 23.8. The molecule has 1 fully saturated rings. The molecule has 0 aliphatic carbocycles. The number of carbonyl (C=O) groups is 1. The molecular weight excluding hydrogens is 653 g/mol. The van der Waals surface area contributed by atoms with Crippen LogP contribution in [0.15, 0.2) is 42.5 Å². The second-order valence-electron chi connectivity index (χ2n) is 15.1. The Morgan fingerprint density at radius 1 is 0.960 bits per heavy atom. The van der Waals surface area contributed by atoms with E-state index in [-0.39, 0.29) is 32.0 Å². The number of amides is 1. The molecule has 1 saturated heterocycles. The lowest BCUT2D eigenvalue weighted by Crippen LogP contribution is -2.55. The largest absolute Gasteiger partial charge is 0.490 e. The standard InChI is InChI=1S/C39H62N2O8Si/c1-28(2)50(29(3)4,30(5)6)49-25-31(7)24-46-26-32-10-13-34(14-11-32)39(44)16-18-41(38(42)43)23-37(39)48-27-33-12-15-36-35(22-33)40(19-21-47-36)17-9-20-45-8/h10-15,22,28-31,37,44H,9,16-21,23-27H2,1-8H3,(H,42,43)/t31-,37+,39+/m1/s1. The van der Waals surface area contributed by atoms with Crippen LogP contribution < -0.4 is 9.64 Å². The third kappa shape index (κ3) is 9.60. The van der Waals surface area contributed by atoms with E-state index < -0.39 is 26.1 Å². The molecule has 0 saturated carbocycles. The minimum absolute atomic E-state index is 0.0718. The van der Waals surface area contributed by atoms with Gasteiger partial charge < -0.3 is 43.4 Å². The van der Waals surface area contributed by atoms with Crippen LogP contribution in [-0.2, 0) is 37.5 Å². The number of fused-ring (bicyclic) bond motifs is 1. The molecule has 0 aromatic heterocycles. The van der Waals surface area contributed by atoms with Crippen LogP contribution in [0.5, 0.6) is 5.75 Å². The van der Waals surface area contributed by atoms with Gasteiger partial charge in [0.15, 0.2) is 8.32 Å². The van der Waals surface area contributed by atoms with E-state index in [0.717, 1.165) is 42.1 Å². The number of methoxy groups -OCH3 is 1. The number of piperidine rings is 1. The van der Waals surface area contributed by atoms with Crippen molar-refractivity contribution in [2.24, 2.45) is 5.92 Å². The summed E-state index contributed by atoms with van der Waals surface area (Å²) < 4.78 is 30.4. The summed E-state index contributed by atoms with van der Waals surface area (Å²) in [5.74, 6) is 1.11. The number of hydrogen-bond acceptors (Lipinski definition) is 8. The summed E-state index contributed by atoms with van der Waals surface area (Å²) >= 11 is 0. The molecule has 0 bridgehead atoms. The van der Waals surface area contributed by atoms with E-state index in [2.05, 4.69) is 59.4 Å². The van der Waals surface area contributed by atoms with Gasteiger partial charge in [-0.15, -0.1) is 0 Å². The molecule has 280 valence electrons. The zero-order valence-electron chi connectivity index (χ0n) is 31.7. The zero-order valence-corrected chi connectivity index (χ0v) is 32.7. The fraction of sp³-hybridized carbons (Fsp3) is 0.667. The summed E-state index contributed by atoms with van der Waals surface area (Å²) in [7, 11) is -0.207. The SMILES string of the molecule is COCCCN1CCOc2ccc(CO[C@H]3CN(C(=O)O)CC[C@]3(O)c3ccc(COC[C@@H](C)CO[Si](C(C)C)(C(C)C)C(C)C)cc3)cc21. The van der Waals surface area contributed by atoms with Gasteiger partial charge in [0.2, 0.25) is 0 Å². The van der Waals surface area contributed by atoms with E-state index in [0.29, 0.717) is 55.2 Å². The Hall–Kier alpha value is -2.67. The highest BCUT2D eigenvalue weighted by Crippen LogP contribution is 2.42. The molecule has 0 spiro atoms. The van der Waals surface area contributed by atoms with Gasteiger partial charge in [0, 0.05) is 45.8 Å². The highest BCUT2D eigenvalue weighted by Gasteiger charge is 2.46. The summed E-state index contributed by atoms with van der Waals surface area (Å²) in [5.41, 5.74) is 3.95. The minimum atomic E-state index is -1.92.